The first-order valence-electron chi connectivity index (χ1n) is 8.21. The second kappa shape index (κ2) is 6.07. The minimum Gasteiger partial charge on any atom is -0.454 e. The molecular formula is C17H24N2O3. The van der Waals surface area contributed by atoms with Gasteiger partial charge in [-0.3, -0.25) is 9.80 Å². The summed E-state index contributed by atoms with van der Waals surface area (Å²) in [5.74, 6) is 2.43. The topological polar surface area (TPSA) is 34.2 Å². The Bertz CT molecular complexity index is 531. The standard InChI is InChI=1S/C17H24N2O3/c1-18-5-4-14(11-19-6-8-20-9-7-19)17(18)13-2-3-15-16(10-13)22-12-21-15/h2-3,10,14,17H,4-9,11-12H2,1H3. The van der Waals surface area contributed by atoms with Crippen molar-refractivity contribution in [2.45, 2.75) is 12.5 Å². The average Bonchev–Trinajstić information content (AvgIpc) is 3.14. The summed E-state index contributed by atoms with van der Waals surface area (Å²) in [7, 11) is 2.23. The molecule has 120 valence electrons. The van der Waals surface area contributed by atoms with E-state index in [-0.39, 0.29) is 0 Å². The first-order chi connectivity index (χ1) is 10.8. The van der Waals surface area contributed by atoms with Gasteiger partial charge in [-0.15, -0.1) is 0 Å². The van der Waals surface area contributed by atoms with Crippen molar-refractivity contribution < 1.29 is 14.2 Å². The van der Waals surface area contributed by atoms with E-state index >= 15 is 0 Å². The van der Waals surface area contributed by atoms with Gasteiger partial charge in [0.25, 0.3) is 0 Å². The molecule has 1 aromatic rings. The summed E-state index contributed by atoms with van der Waals surface area (Å²) < 4.78 is 16.4. The van der Waals surface area contributed by atoms with Gasteiger partial charge in [0.15, 0.2) is 11.5 Å². The maximum Gasteiger partial charge on any atom is 0.231 e. The highest BCUT2D eigenvalue weighted by molar-refractivity contribution is 5.45. The van der Waals surface area contributed by atoms with Crippen molar-refractivity contribution in [3.05, 3.63) is 23.8 Å². The molecule has 0 bridgehead atoms. The van der Waals surface area contributed by atoms with E-state index in [0.717, 1.165) is 50.9 Å². The monoisotopic (exact) mass is 304 g/mol. The number of ether oxygens (including phenoxy) is 3. The number of morpholine rings is 1. The normalized spacial score (nSPS) is 29.1. The zero-order valence-corrected chi connectivity index (χ0v) is 13.2. The predicted molar refractivity (Wildman–Crippen MR) is 83.3 cm³/mol. The van der Waals surface area contributed by atoms with Crippen LogP contribution >= 0.6 is 0 Å². The Labute approximate surface area is 131 Å². The third-order valence-corrected chi connectivity index (χ3v) is 5.11. The first-order valence-corrected chi connectivity index (χ1v) is 8.21. The molecule has 2 fully saturated rings. The molecular weight excluding hydrogens is 280 g/mol. The summed E-state index contributed by atoms with van der Waals surface area (Å²) in [6.45, 7) is 6.54. The third-order valence-electron chi connectivity index (χ3n) is 5.11. The number of hydrogen-bond acceptors (Lipinski definition) is 5. The molecule has 22 heavy (non-hydrogen) atoms. The molecule has 4 rings (SSSR count). The number of likely N-dealkylation sites (tertiary alicyclic amines) is 1. The molecule has 3 heterocycles. The Morgan fingerprint density at radius 3 is 2.77 bits per heavy atom. The van der Waals surface area contributed by atoms with E-state index in [1.54, 1.807) is 0 Å². The van der Waals surface area contributed by atoms with Crippen LogP contribution in [-0.4, -0.2) is 63.0 Å². The van der Waals surface area contributed by atoms with Crippen LogP contribution in [0.5, 0.6) is 11.5 Å². The van der Waals surface area contributed by atoms with E-state index in [0.29, 0.717) is 18.8 Å². The number of benzene rings is 1. The minimum absolute atomic E-state index is 0.344. The van der Waals surface area contributed by atoms with E-state index in [9.17, 15) is 0 Å². The lowest BCUT2D eigenvalue weighted by atomic mass is 9.93. The van der Waals surface area contributed by atoms with E-state index in [1.165, 1.54) is 12.0 Å². The average molecular weight is 304 g/mol. The minimum atomic E-state index is 0.344. The van der Waals surface area contributed by atoms with Gasteiger partial charge in [-0.25, -0.2) is 0 Å². The second-order valence-corrected chi connectivity index (χ2v) is 6.50. The van der Waals surface area contributed by atoms with Crippen LogP contribution in [0.3, 0.4) is 0 Å². The van der Waals surface area contributed by atoms with Crippen LogP contribution in [0.4, 0.5) is 0 Å². The molecule has 3 aliphatic heterocycles. The van der Waals surface area contributed by atoms with Crippen molar-refractivity contribution in [2.24, 2.45) is 5.92 Å². The summed E-state index contributed by atoms with van der Waals surface area (Å²) in [5, 5.41) is 0. The van der Waals surface area contributed by atoms with Crippen LogP contribution in [0.25, 0.3) is 0 Å². The molecule has 3 aliphatic rings. The zero-order valence-electron chi connectivity index (χ0n) is 13.2. The molecule has 0 radical (unpaired) electrons. The maximum atomic E-state index is 5.55. The van der Waals surface area contributed by atoms with Crippen molar-refractivity contribution in [2.75, 3.05) is 53.2 Å². The summed E-state index contributed by atoms with van der Waals surface area (Å²) in [6.07, 6.45) is 1.26. The van der Waals surface area contributed by atoms with Gasteiger partial charge >= 0.3 is 0 Å². The molecule has 2 saturated heterocycles. The van der Waals surface area contributed by atoms with Gasteiger partial charge in [-0.2, -0.15) is 0 Å². The van der Waals surface area contributed by atoms with Gasteiger partial charge in [0, 0.05) is 25.7 Å². The molecule has 0 amide bonds. The van der Waals surface area contributed by atoms with Gasteiger partial charge in [-0.05, 0) is 43.6 Å². The van der Waals surface area contributed by atoms with Crippen molar-refractivity contribution in [3.8, 4) is 11.5 Å². The van der Waals surface area contributed by atoms with Crippen LogP contribution in [-0.2, 0) is 4.74 Å². The Balaban J connectivity index is 1.52. The van der Waals surface area contributed by atoms with Crippen molar-refractivity contribution >= 4 is 0 Å². The molecule has 0 N–H and O–H groups in total. The number of rotatable bonds is 3. The van der Waals surface area contributed by atoms with E-state index in [1.807, 2.05) is 0 Å². The molecule has 2 atom stereocenters. The largest absolute Gasteiger partial charge is 0.454 e. The fourth-order valence-electron chi connectivity index (χ4n) is 3.96. The third kappa shape index (κ3) is 2.69. The highest BCUT2D eigenvalue weighted by Gasteiger charge is 2.35. The zero-order chi connectivity index (χ0) is 14.9. The summed E-state index contributed by atoms with van der Waals surface area (Å²) in [6, 6.07) is 6.89. The lowest BCUT2D eigenvalue weighted by Crippen LogP contribution is -2.40. The molecule has 0 aromatic heterocycles. The highest BCUT2D eigenvalue weighted by Crippen LogP contribution is 2.41. The summed E-state index contributed by atoms with van der Waals surface area (Å²) in [4.78, 5) is 5.02. The number of fused-ring (bicyclic) bond motifs is 1. The quantitative estimate of drug-likeness (QED) is 0.850. The van der Waals surface area contributed by atoms with E-state index in [4.69, 9.17) is 14.2 Å². The van der Waals surface area contributed by atoms with Gasteiger partial charge in [0.1, 0.15) is 0 Å². The fraction of sp³-hybridized carbons (Fsp3) is 0.647. The summed E-state index contributed by atoms with van der Waals surface area (Å²) in [5.41, 5.74) is 1.35. The lowest BCUT2D eigenvalue weighted by molar-refractivity contribution is 0.0280. The Morgan fingerprint density at radius 1 is 1.09 bits per heavy atom. The van der Waals surface area contributed by atoms with Crippen LogP contribution in [0.2, 0.25) is 0 Å². The predicted octanol–water partition coefficient (Wildman–Crippen LogP) is 1.74. The van der Waals surface area contributed by atoms with E-state index in [2.05, 4.69) is 35.0 Å². The van der Waals surface area contributed by atoms with Gasteiger partial charge in [0.2, 0.25) is 6.79 Å². The molecule has 1 aromatic carbocycles. The molecule has 0 saturated carbocycles. The molecule has 0 spiro atoms. The fourth-order valence-corrected chi connectivity index (χ4v) is 3.96. The molecule has 0 aliphatic carbocycles. The SMILES string of the molecule is CN1CCC(CN2CCOCC2)C1c1ccc2c(c1)OCO2. The molecule has 2 unspecified atom stereocenters. The van der Waals surface area contributed by atoms with Gasteiger partial charge in [0.05, 0.1) is 13.2 Å². The second-order valence-electron chi connectivity index (χ2n) is 6.50. The van der Waals surface area contributed by atoms with Crippen molar-refractivity contribution in [1.82, 2.24) is 9.80 Å². The van der Waals surface area contributed by atoms with Crippen LogP contribution in [0.1, 0.15) is 18.0 Å². The Kier molecular flexibility index (Phi) is 3.94. The smallest absolute Gasteiger partial charge is 0.231 e. The van der Waals surface area contributed by atoms with Crippen LogP contribution < -0.4 is 9.47 Å². The van der Waals surface area contributed by atoms with E-state index < -0.39 is 0 Å². The summed E-state index contributed by atoms with van der Waals surface area (Å²) >= 11 is 0. The van der Waals surface area contributed by atoms with Crippen LogP contribution in [0.15, 0.2) is 18.2 Å². The lowest BCUT2D eigenvalue weighted by Gasteiger charge is -2.32. The van der Waals surface area contributed by atoms with Crippen molar-refractivity contribution in [3.63, 3.8) is 0 Å². The Hall–Kier alpha value is -1.30. The van der Waals surface area contributed by atoms with Crippen LogP contribution in [0, 0.1) is 5.92 Å². The molecule has 5 heteroatoms. The van der Waals surface area contributed by atoms with Gasteiger partial charge < -0.3 is 14.2 Å². The first kappa shape index (κ1) is 14.3. The molecule has 5 nitrogen and oxygen atoms in total. The number of hydrogen-bond donors (Lipinski definition) is 0. The Morgan fingerprint density at radius 2 is 1.91 bits per heavy atom. The highest BCUT2D eigenvalue weighted by atomic mass is 16.7. The maximum absolute atomic E-state index is 5.55. The number of nitrogens with zero attached hydrogens (tertiary/aromatic N) is 2. The van der Waals surface area contributed by atoms with Crippen molar-refractivity contribution in [1.29, 1.82) is 0 Å². The van der Waals surface area contributed by atoms with Gasteiger partial charge in [-0.1, -0.05) is 6.07 Å².